The predicted octanol–water partition coefficient (Wildman–Crippen LogP) is 8.22. The second-order valence-corrected chi connectivity index (χ2v) is 8.15. The smallest absolute Gasteiger partial charge is 0.131 e. The zero-order valence-electron chi connectivity index (χ0n) is 16.1. The van der Waals surface area contributed by atoms with Crippen LogP contribution in [0.2, 0.25) is 0 Å². The lowest BCUT2D eigenvalue weighted by molar-refractivity contribution is 0.303. The SMILES string of the molecule is CCCCCC1CCC(c2ccc(-c3cc(F)c(CCl)c(F)c3)cc2)CC1. The molecule has 1 fully saturated rings. The molecule has 0 heterocycles. The van der Waals surface area contributed by atoms with E-state index in [4.69, 9.17) is 11.6 Å². The largest absolute Gasteiger partial charge is 0.207 e. The first kappa shape index (κ1) is 20.3. The predicted molar refractivity (Wildman–Crippen MR) is 110 cm³/mol. The van der Waals surface area contributed by atoms with Crippen LogP contribution in [0.4, 0.5) is 8.78 Å². The summed E-state index contributed by atoms with van der Waals surface area (Å²) in [5, 5.41) is 0. The van der Waals surface area contributed by atoms with Crippen molar-refractivity contribution in [1.29, 1.82) is 0 Å². The van der Waals surface area contributed by atoms with E-state index in [2.05, 4.69) is 19.1 Å². The summed E-state index contributed by atoms with van der Waals surface area (Å²) >= 11 is 5.61. The lowest BCUT2D eigenvalue weighted by Gasteiger charge is -2.29. The van der Waals surface area contributed by atoms with Gasteiger partial charge in [0.05, 0.1) is 5.88 Å². The Hall–Kier alpha value is -1.41. The Morgan fingerprint density at radius 3 is 2.07 bits per heavy atom. The molecule has 0 atom stereocenters. The van der Waals surface area contributed by atoms with Gasteiger partial charge in [0.2, 0.25) is 0 Å². The molecule has 0 spiro atoms. The van der Waals surface area contributed by atoms with Crippen molar-refractivity contribution in [2.24, 2.45) is 5.92 Å². The molecule has 27 heavy (non-hydrogen) atoms. The summed E-state index contributed by atoms with van der Waals surface area (Å²) in [5.41, 5.74) is 2.69. The molecular formula is C24H29ClF2. The van der Waals surface area contributed by atoms with Crippen molar-refractivity contribution in [3.63, 3.8) is 0 Å². The van der Waals surface area contributed by atoms with Crippen molar-refractivity contribution < 1.29 is 8.78 Å². The first-order valence-electron chi connectivity index (χ1n) is 10.3. The summed E-state index contributed by atoms with van der Waals surface area (Å²) in [5.74, 6) is 0.209. The van der Waals surface area contributed by atoms with Gasteiger partial charge in [-0.15, -0.1) is 11.6 Å². The van der Waals surface area contributed by atoms with Crippen molar-refractivity contribution in [3.8, 4) is 11.1 Å². The minimum absolute atomic E-state index is 0.0623. The summed E-state index contributed by atoms with van der Waals surface area (Å²) in [6.07, 6.45) is 10.6. The molecule has 0 amide bonds. The van der Waals surface area contributed by atoms with E-state index >= 15 is 0 Å². The zero-order chi connectivity index (χ0) is 19.2. The molecule has 3 rings (SSSR count). The zero-order valence-corrected chi connectivity index (χ0v) is 16.9. The first-order valence-corrected chi connectivity index (χ1v) is 10.8. The molecule has 2 aromatic carbocycles. The first-order chi connectivity index (χ1) is 13.1. The van der Waals surface area contributed by atoms with Gasteiger partial charge in [0.1, 0.15) is 11.6 Å². The number of halogens is 3. The van der Waals surface area contributed by atoms with Crippen molar-refractivity contribution in [3.05, 3.63) is 59.2 Å². The summed E-state index contributed by atoms with van der Waals surface area (Å²) in [4.78, 5) is 0. The average Bonchev–Trinajstić information content (AvgIpc) is 2.69. The van der Waals surface area contributed by atoms with Crippen LogP contribution in [-0.2, 0) is 5.88 Å². The Morgan fingerprint density at radius 2 is 1.52 bits per heavy atom. The maximum atomic E-state index is 14.0. The Bertz CT molecular complexity index is 708. The Kier molecular flexibility index (Phi) is 7.29. The highest BCUT2D eigenvalue weighted by Gasteiger charge is 2.22. The molecule has 146 valence electrons. The average molecular weight is 391 g/mol. The monoisotopic (exact) mass is 390 g/mol. The van der Waals surface area contributed by atoms with Crippen LogP contribution in [0.1, 0.15) is 75.3 Å². The summed E-state index contributed by atoms with van der Waals surface area (Å²) < 4.78 is 28.0. The number of benzene rings is 2. The molecule has 0 bridgehead atoms. The minimum Gasteiger partial charge on any atom is -0.207 e. The van der Waals surface area contributed by atoms with Crippen molar-refractivity contribution in [1.82, 2.24) is 0 Å². The number of hydrogen-bond acceptors (Lipinski definition) is 0. The topological polar surface area (TPSA) is 0 Å². The summed E-state index contributed by atoms with van der Waals surface area (Å²) in [6, 6.07) is 11.0. The van der Waals surface area contributed by atoms with Crippen LogP contribution < -0.4 is 0 Å². The molecule has 0 saturated heterocycles. The Balaban J connectivity index is 1.63. The van der Waals surface area contributed by atoms with Gasteiger partial charge in [-0.3, -0.25) is 0 Å². The third kappa shape index (κ3) is 5.10. The quantitative estimate of drug-likeness (QED) is 0.330. The van der Waals surface area contributed by atoms with Gasteiger partial charge in [0.15, 0.2) is 0 Å². The van der Waals surface area contributed by atoms with Crippen LogP contribution in [0.15, 0.2) is 36.4 Å². The fraction of sp³-hybridized carbons (Fsp3) is 0.500. The molecule has 1 aliphatic rings. The van der Waals surface area contributed by atoms with Gasteiger partial charge in [-0.05, 0) is 66.3 Å². The lowest BCUT2D eigenvalue weighted by atomic mass is 9.77. The molecule has 0 radical (unpaired) electrons. The highest BCUT2D eigenvalue weighted by atomic mass is 35.5. The van der Waals surface area contributed by atoms with Crippen LogP contribution in [0.25, 0.3) is 11.1 Å². The van der Waals surface area contributed by atoms with E-state index in [1.165, 1.54) is 69.1 Å². The molecule has 0 nitrogen and oxygen atoms in total. The lowest BCUT2D eigenvalue weighted by Crippen LogP contribution is -2.13. The molecule has 1 aliphatic carbocycles. The number of rotatable bonds is 7. The van der Waals surface area contributed by atoms with Gasteiger partial charge >= 0.3 is 0 Å². The van der Waals surface area contributed by atoms with E-state index in [-0.39, 0.29) is 11.4 Å². The standard InChI is InChI=1S/C24H29ClF2/c1-2-3-4-5-17-6-8-18(9-7-17)19-10-12-20(13-11-19)21-14-23(26)22(16-25)24(27)15-21/h10-15,17-18H,2-9,16H2,1H3. The van der Waals surface area contributed by atoms with E-state index in [1.54, 1.807) is 0 Å². The van der Waals surface area contributed by atoms with Gasteiger partial charge in [0.25, 0.3) is 0 Å². The molecule has 3 heteroatoms. The third-order valence-electron chi connectivity index (χ3n) is 6.05. The molecule has 0 aliphatic heterocycles. The fourth-order valence-corrected chi connectivity index (χ4v) is 4.57. The van der Waals surface area contributed by atoms with E-state index in [0.717, 1.165) is 11.5 Å². The van der Waals surface area contributed by atoms with Gasteiger partial charge in [-0.1, -0.05) is 56.9 Å². The maximum absolute atomic E-state index is 14.0. The Labute approximate surface area is 166 Å². The number of alkyl halides is 1. The second kappa shape index (κ2) is 9.68. The van der Waals surface area contributed by atoms with Crippen molar-refractivity contribution >= 4 is 11.6 Å². The molecule has 0 aromatic heterocycles. The van der Waals surface area contributed by atoms with Gasteiger partial charge < -0.3 is 0 Å². The van der Waals surface area contributed by atoms with Gasteiger partial charge in [-0.25, -0.2) is 8.78 Å². The second-order valence-electron chi connectivity index (χ2n) is 7.89. The normalized spacial score (nSPS) is 20.0. The number of unbranched alkanes of at least 4 members (excludes halogenated alkanes) is 2. The Morgan fingerprint density at radius 1 is 0.889 bits per heavy atom. The van der Waals surface area contributed by atoms with Crippen LogP contribution in [0, 0.1) is 17.6 Å². The highest BCUT2D eigenvalue weighted by molar-refractivity contribution is 6.17. The van der Waals surface area contributed by atoms with E-state index in [1.807, 2.05) is 12.1 Å². The van der Waals surface area contributed by atoms with E-state index < -0.39 is 11.6 Å². The van der Waals surface area contributed by atoms with Crippen molar-refractivity contribution in [2.75, 3.05) is 0 Å². The third-order valence-corrected chi connectivity index (χ3v) is 6.32. The molecule has 2 aromatic rings. The van der Waals surface area contributed by atoms with Gasteiger partial charge in [0, 0.05) is 5.56 Å². The molecular weight excluding hydrogens is 362 g/mol. The minimum atomic E-state index is -0.578. The van der Waals surface area contributed by atoms with Crippen molar-refractivity contribution in [2.45, 2.75) is 70.1 Å². The van der Waals surface area contributed by atoms with Crippen LogP contribution in [-0.4, -0.2) is 0 Å². The summed E-state index contributed by atoms with van der Waals surface area (Å²) in [6.45, 7) is 2.26. The van der Waals surface area contributed by atoms with E-state index in [0.29, 0.717) is 11.5 Å². The van der Waals surface area contributed by atoms with Gasteiger partial charge in [-0.2, -0.15) is 0 Å². The number of hydrogen-bond donors (Lipinski definition) is 0. The van der Waals surface area contributed by atoms with E-state index in [9.17, 15) is 8.78 Å². The molecule has 1 saturated carbocycles. The highest BCUT2D eigenvalue weighted by Crippen LogP contribution is 2.38. The molecule has 0 unspecified atom stereocenters. The van der Waals surface area contributed by atoms with Crippen LogP contribution >= 0.6 is 11.6 Å². The molecule has 0 N–H and O–H groups in total. The van der Waals surface area contributed by atoms with Crippen LogP contribution in [0.3, 0.4) is 0 Å². The fourth-order valence-electron chi connectivity index (χ4n) is 4.31. The van der Waals surface area contributed by atoms with Crippen LogP contribution in [0.5, 0.6) is 0 Å². The summed E-state index contributed by atoms with van der Waals surface area (Å²) in [7, 11) is 0. The maximum Gasteiger partial charge on any atom is 0.131 e.